The Hall–Kier alpha value is -0.920. The van der Waals surface area contributed by atoms with Gasteiger partial charge in [-0.1, -0.05) is 29.8 Å². The fourth-order valence-corrected chi connectivity index (χ4v) is 1.93. The lowest BCUT2D eigenvalue weighted by Crippen LogP contribution is -1.94. The van der Waals surface area contributed by atoms with Crippen LogP contribution in [-0.4, -0.2) is 0 Å². The van der Waals surface area contributed by atoms with Gasteiger partial charge in [0.2, 0.25) is 0 Å². The van der Waals surface area contributed by atoms with Gasteiger partial charge >= 0.3 is 0 Å². The van der Waals surface area contributed by atoms with E-state index in [-0.39, 0.29) is 5.38 Å². The zero-order valence-electron chi connectivity index (χ0n) is 7.99. The summed E-state index contributed by atoms with van der Waals surface area (Å²) in [6.07, 6.45) is 3.99. The van der Waals surface area contributed by atoms with Crippen molar-refractivity contribution in [3.05, 3.63) is 59.0 Å². The summed E-state index contributed by atoms with van der Waals surface area (Å²) in [6.45, 7) is 0. The highest BCUT2D eigenvalue weighted by Gasteiger charge is 2.11. The maximum absolute atomic E-state index is 6.24. The molecule has 1 heterocycles. The van der Waals surface area contributed by atoms with Gasteiger partial charge in [-0.15, -0.1) is 11.6 Å². The maximum Gasteiger partial charge on any atom is 0.0949 e. The summed E-state index contributed by atoms with van der Waals surface area (Å²) in [5, 5.41) is 0.662. The number of hydrogen-bond acceptors (Lipinski definition) is 1. The van der Waals surface area contributed by atoms with E-state index in [4.69, 9.17) is 27.6 Å². The highest BCUT2D eigenvalue weighted by molar-refractivity contribution is 6.31. The van der Waals surface area contributed by atoms with Crippen LogP contribution in [0.15, 0.2) is 47.3 Å². The predicted octanol–water partition coefficient (Wildman–Crippen LogP) is 4.46. The number of furan rings is 1. The van der Waals surface area contributed by atoms with E-state index in [9.17, 15) is 0 Å². The van der Waals surface area contributed by atoms with Gasteiger partial charge in [-0.05, 0) is 24.1 Å². The molecule has 15 heavy (non-hydrogen) atoms. The fraction of sp³-hybridized carbons (Fsp3) is 0.167. The third kappa shape index (κ3) is 2.55. The van der Waals surface area contributed by atoms with Crippen LogP contribution in [0.3, 0.4) is 0 Å². The van der Waals surface area contributed by atoms with E-state index in [0.717, 1.165) is 16.1 Å². The minimum Gasteiger partial charge on any atom is -0.472 e. The van der Waals surface area contributed by atoms with E-state index in [1.54, 1.807) is 12.5 Å². The van der Waals surface area contributed by atoms with Crippen LogP contribution < -0.4 is 0 Å². The van der Waals surface area contributed by atoms with Crippen LogP contribution in [0.4, 0.5) is 0 Å². The Morgan fingerprint density at radius 3 is 2.67 bits per heavy atom. The van der Waals surface area contributed by atoms with E-state index < -0.39 is 0 Å². The molecular formula is C12H10Cl2O. The lowest BCUT2D eigenvalue weighted by Gasteiger charge is -2.08. The third-order valence-corrected chi connectivity index (χ3v) is 3.04. The summed E-state index contributed by atoms with van der Waals surface area (Å²) in [5.74, 6) is 0. The SMILES string of the molecule is Clc1ccccc1CC(Cl)c1ccoc1. The van der Waals surface area contributed by atoms with Crippen molar-refractivity contribution in [3.63, 3.8) is 0 Å². The van der Waals surface area contributed by atoms with E-state index in [2.05, 4.69) is 0 Å². The second-order valence-electron chi connectivity index (χ2n) is 3.32. The molecular weight excluding hydrogens is 231 g/mol. The lowest BCUT2D eigenvalue weighted by atomic mass is 10.1. The van der Waals surface area contributed by atoms with Crippen LogP contribution >= 0.6 is 23.2 Å². The van der Waals surface area contributed by atoms with E-state index >= 15 is 0 Å². The Morgan fingerprint density at radius 1 is 1.20 bits per heavy atom. The molecule has 0 aliphatic rings. The summed E-state index contributed by atoms with van der Waals surface area (Å²) in [5.41, 5.74) is 2.04. The van der Waals surface area contributed by atoms with Crippen molar-refractivity contribution in [1.82, 2.24) is 0 Å². The minimum absolute atomic E-state index is 0.0938. The quantitative estimate of drug-likeness (QED) is 0.723. The molecule has 2 aromatic rings. The standard InChI is InChI=1S/C12H10Cl2O/c13-11-4-2-1-3-9(11)7-12(14)10-5-6-15-8-10/h1-6,8,12H,7H2. The van der Waals surface area contributed by atoms with Gasteiger partial charge < -0.3 is 4.42 Å². The van der Waals surface area contributed by atoms with Gasteiger partial charge in [0, 0.05) is 10.6 Å². The highest BCUT2D eigenvalue weighted by atomic mass is 35.5. The molecule has 1 unspecified atom stereocenters. The molecule has 1 nitrogen and oxygen atoms in total. The Balaban J connectivity index is 2.13. The molecule has 2 rings (SSSR count). The molecule has 0 fully saturated rings. The highest BCUT2D eigenvalue weighted by Crippen LogP contribution is 2.28. The smallest absolute Gasteiger partial charge is 0.0949 e. The second-order valence-corrected chi connectivity index (χ2v) is 4.25. The molecule has 0 saturated carbocycles. The molecule has 1 aromatic carbocycles. The zero-order valence-corrected chi connectivity index (χ0v) is 9.50. The monoisotopic (exact) mass is 240 g/mol. The van der Waals surface area contributed by atoms with Gasteiger partial charge in [-0.25, -0.2) is 0 Å². The van der Waals surface area contributed by atoms with Crippen molar-refractivity contribution >= 4 is 23.2 Å². The molecule has 3 heteroatoms. The first-order chi connectivity index (χ1) is 7.27. The van der Waals surface area contributed by atoms with Gasteiger partial charge in [-0.3, -0.25) is 0 Å². The van der Waals surface area contributed by atoms with Crippen LogP contribution in [-0.2, 0) is 6.42 Å². The Kier molecular flexibility index (Phi) is 3.34. The molecule has 1 aromatic heterocycles. The van der Waals surface area contributed by atoms with Gasteiger partial charge in [0.1, 0.15) is 0 Å². The van der Waals surface area contributed by atoms with Crippen molar-refractivity contribution < 1.29 is 4.42 Å². The topological polar surface area (TPSA) is 13.1 Å². The normalized spacial score (nSPS) is 12.7. The van der Waals surface area contributed by atoms with Gasteiger partial charge in [0.25, 0.3) is 0 Å². The number of rotatable bonds is 3. The van der Waals surface area contributed by atoms with Crippen molar-refractivity contribution in [2.45, 2.75) is 11.8 Å². The van der Waals surface area contributed by atoms with Crippen LogP contribution in [0, 0.1) is 0 Å². The van der Waals surface area contributed by atoms with Gasteiger partial charge in [-0.2, -0.15) is 0 Å². The van der Waals surface area contributed by atoms with Crippen molar-refractivity contribution in [3.8, 4) is 0 Å². The van der Waals surface area contributed by atoms with Crippen LogP contribution in [0.25, 0.3) is 0 Å². The zero-order chi connectivity index (χ0) is 10.7. The number of alkyl halides is 1. The first kappa shape index (κ1) is 10.6. The number of halogens is 2. The molecule has 0 amide bonds. The molecule has 0 aliphatic carbocycles. The summed E-state index contributed by atoms with van der Waals surface area (Å²) in [7, 11) is 0. The van der Waals surface area contributed by atoms with Crippen LogP contribution in [0.2, 0.25) is 5.02 Å². The molecule has 0 N–H and O–H groups in total. The van der Waals surface area contributed by atoms with Gasteiger partial charge in [0.05, 0.1) is 17.9 Å². The largest absolute Gasteiger partial charge is 0.472 e. The number of benzene rings is 1. The molecule has 0 radical (unpaired) electrons. The lowest BCUT2D eigenvalue weighted by molar-refractivity contribution is 0.563. The summed E-state index contributed by atoms with van der Waals surface area (Å²) in [4.78, 5) is 0. The van der Waals surface area contributed by atoms with Crippen molar-refractivity contribution in [2.24, 2.45) is 0 Å². The summed E-state index contributed by atoms with van der Waals surface area (Å²) < 4.78 is 4.99. The molecule has 78 valence electrons. The molecule has 0 bridgehead atoms. The fourth-order valence-electron chi connectivity index (χ4n) is 1.43. The first-order valence-corrected chi connectivity index (χ1v) is 5.48. The third-order valence-electron chi connectivity index (χ3n) is 2.26. The average Bonchev–Trinajstić information content (AvgIpc) is 2.74. The van der Waals surface area contributed by atoms with Crippen LogP contribution in [0.1, 0.15) is 16.5 Å². The Morgan fingerprint density at radius 2 is 2.00 bits per heavy atom. The van der Waals surface area contributed by atoms with Crippen molar-refractivity contribution in [1.29, 1.82) is 0 Å². The summed E-state index contributed by atoms with van der Waals surface area (Å²) >= 11 is 12.3. The van der Waals surface area contributed by atoms with E-state index in [1.165, 1.54) is 0 Å². The Bertz CT molecular complexity index is 423. The van der Waals surface area contributed by atoms with Crippen molar-refractivity contribution in [2.75, 3.05) is 0 Å². The summed E-state index contributed by atoms with van der Waals surface area (Å²) in [6, 6.07) is 9.59. The molecule has 0 spiro atoms. The predicted molar refractivity (Wildman–Crippen MR) is 62.5 cm³/mol. The van der Waals surface area contributed by atoms with E-state index in [0.29, 0.717) is 6.42 Å². The van der Waals surface area contributed by atoms with E-state index in [1.807, 2.05) is 30.3 Å². The average molecular weight is 241 g/mol. The maximum atomic E-state index is 6.24. The number of hydrogen-bond donors (Lipinski definition) is 0. The Labute approximate surface area is 98.6 Å². The van der Waals surface area contributed by atoms with Crippen LogP contribution in [0.5, 0.6) is 0 Å². The first-order valence-electron chi connectivity index (χ1n) is 4.67. The molecule has 1 atom stereocenters. The molecule has 0 saturated heterocycles. The molecule has 0 aliphatic heterocycles. The van der Waals surface area contributed by atoms with Gasteiger partial charge in [0.15, 0.2) is 0 Å². The second kappa shape index (κ2) is 4.73. The minimum atomic E-state index is -0.0938.